The monoisotopic (exact) mass is 642 g/mol. The molecule has 3 rings (SSSR count). The van der Waals surface area contributed by atoms with Crippen molar-refractivity contribution in [2.75, 3.05) is 18.1 Å². The fourth-order valence-electron chi connectivity index (χ4n) is 4.62. The highest BCUT2D eigenvalue weighted by atomic mass is 32.2. The molecule has 0 unspecified atom stereocenters. The zero-order valence-corrected chi connectivity index (χ0v) is 28.5. The van der Waals surface area contributed by atoms with Crippen molar-refractivity contribution in [1.82, 2.24) is 10.6 Å². The molecule has 0 fully saturated rings. The second-order valence-electron chi connectivity index (χ2n) is 13.8. The molecule has 2 N–H and O–H groups in total. The number of nitrogens with one attached hydrogen (secondary N) is 2. The summed E-state index contributed by atoms with van der Waals surface area (Å²) in [5.41, 5.74) is 1.97. The van der Waals surface area contributed by atoms with Gasteiger partial charge in [-0.1, -0.05) is 48.5 Å². The smallest absolute Gasteiger partial charge is 0.408 e. The summed E-state index contributed by atoms with van der Waals surface area (Å²) < 4.78 is 22.0. The van der Waals surface area contributed by atoms with Crippen LogP contribution in [0.25, 0.3) is 11.1 Å². The summed E-state index contributed by atoms with van der Waals surface area (Å²) in [6, 6.07) is 13.8. The van der Waals surface area contributed by atoms with E-state index >= 15 is 0 Å². The van der Waals surface area contributed by atoms with Crippen LogP contribution in [0.2, 0.25) is 0 Å². The molecule has 2 atom stereocenters. The van der Waals surface area contributed by atoms with Crippen LogP contribution in [0.5, 0.6) is 0 Å². The molecular weight excluding hydrogens is 596 g/mol. The van der Waals surface area contributed by atoms with Crippen LogP contribution in [0.4, 0.5) is 9.59 Å². The summed E-state index contributed by atoms with van der Waals surface area (Å²) in [6.07, 6.45) is -1.55. The standard InChI is InChI=1S/C34H46N2O8S/c1-32(2,3)42-28(37)26(19-45-20-27(29(38)43-33(4,5)6)36-31(40)44-34(7,8)9)35-30(39)41-18-25-23-16-12-10-14-21(23)22-15-11-13-17-24(22)25/h10-17,25-27H,18-20H2,1-9H3,(H,35,39)(H,36,40)/t26-,27+/m0/s1. The van der Waals surface area contributed by atoms with E-state index < -0.39 is 53.0 Å². The summed E-state index contributed by atoms with van der Waals surface area (Å²) in [7, 11) is 0. The van der Waals surface area contributed by atoms with Gasteiger partial charge in [-0.15, -0.1) is 0 Å². The first kappa shape index (κ1) is 35.7. The van der Waals surface area contributed by atoms with Gasteiger partial charge in [0, 0.05) is 17.4 Å². The van der Waals surface area contributed by atoms with Gasteiger partial charge in [0.25, 0.3) is 0 Å². The molecule has 11 heteroatoms. The topological polar surface area (TPSA) is 129 Å². The van der Waals surface area contributed by atoms with Crippen LogP contribution in [0.15, 0.2) is 48.5 Å². The maximum atomic E-state index is 13.1. The largest absolute Gasteiger partial charge is 0.458 e. The number of carbonyl (C=O) groups excluding carboxylic acids is 4. The number of fused-ring (bicyclic) bond motifs is 3. The first-order valence-electron chi connectivity index (χ1n) is 15.0. The maximum absolute atomic E-state index is 13.1. The average molecular weight is 643 g/mol. The molecule has 0 bridgehead atoms. The van der Waals surface area contributed by atoms with Gasteiger partial charge in [-0.05, 0) is 84.6 Å². The van der Waals surface area contributed by atoms with Gasteiger partial charge in [0.1, 0.15) is 35.5 Å². The minimum absolute atomic E-state index is 0.0361. The Morgan fingerprint density at radius 1 is 0.644 bits per heavy atom. The SMILES string of the molecule is CC(C)(C)OC(=O)N[C@H](CSC[C@H](NC(=O)OCC1c2ccccc2-c2ccccc21)C(=O)OC(C)(C)C)C(=O)OC(C)(C)C. The number of amides is 2. The number of benzene rings is 2. The van der Waals surface area contributed by atoms with Gasteiger partial charge in [0.15, 0.2) is 0 Å². The third-order valence-electron chi connectivity index (χ3n) is 6.28. The fraction of sp³-hybridized carbons (Fsp3) is 0.529. The summed E-state index contributed by atoms with van der Waals surface area (Å²) in [5.74, 6) is -1.38. The number of ether oxygens (including phenoxy) is 4. The number of hydrogen-bond donors (Lipinski definition) is 2. The van der Waals surface area contributed by atoms with E-state index in [-0.39, 0.29) is 24.0 Å². The third-order valence-corrected chi connectivity index (χ3v) is 7.42. The van der Waals surface area contributed by atoms with E-state index in [1.807, 2.05) is 48.5 Å². The second kappa shape index (κ2) is 14.6. The van der Waals surface area contributed by atoms with Crippen LogP contribution in [0.3, 0.4) is 0 Å². The van der Waals surface area contributed by atoms with E-state index in [9.17, 15) is 19.2 Å². The number of carbonyl (C=O) groups is 4. The number of alkyl carbamates (subject to hydrolysis) is 2. The molecule has 10 nitrogen and oxygen atoms in total. The highest BCUT2D eigenvalue weighted by Gasteiger charge is 2.33. The predicted octanol–water partition coefficient (Wildman–Crippen LogP) is 6.20. The molecule has 0 saturated carbocycles. The van der Waals surface area contributed by atoms with Crippen molar-refractivity contribution in [3.63, 3.8) is 0 Å². The van der Waals surface area contributed by atoms with Crippen LogP contribution >= 0.6 is 11.8 Å². The average Bonchev–Trinajstić information content (AvgIpc) is 3.21. The predicted molar refractivity (Wildman–Crippen MR) is 174 cm³/mol. The van der Waals surface area contributed by atoms with E-state index in [2.05, 4.69) is 10.6 Å². The Balaban J connectivity index is 1.68. The molecule has 0 radical (unpaired) electrons. The zero-order chi connectivity index (χ0) is 33.6. The highest BCUT2D eigenvalue weighted by molar-refractivity contribution is 7.99. The molecule has 2 aromatic rings. The van der Waals surface area contributed by atoms with Gasteiger partial charge in [-0.2, -0.15) is 11.8 Å². The summed E-state index contributed by atoms with van der Waals surface area (Å²) >= 11 is 1.16. The van der Waals surface area contributed by atoms with Crippen molar-refractivity contribution in [2.45, 2.75) is 97.1 Å². The number of thioether (sulfide) groups is 1. The van der Waals surface area contributed by atoms with E-state index in [0.717, 1.165) is 34.0 Å². The quantitative estimate of drug-likeness (QED) is 0.230. The van der Waals surface area contributed by atoms with Gasteiger partial charge in [0.2, 0.25) is 0 Å². The molecule has 2 aromatic carbocycles. The van der Waals surface area contributed by atoms with Crippen molar-refractivity contribution in [3.8, 4) is 11.1 Å². The Morgan fingerprint density at radius 3 is 1.47 bits per heavy atom. The van der Waals surface area contributed by atoms with Gasteiger partial charge >= 0.3 is 24.1 Å². The van der Waals surface area contributed by atoms with E-state index in [0.29, 0.717) is 0 Å². The van der Waals surface area contributed by atoms with Gasteiger partial charge in [0.05, 0.1) is 0 Å². The first-order chi connectivity index (χ1) is 20.8. The zero-order valence-electron chi connectivity index (χ0n) is 27.6. The van der Waals surface area contributed by atoms with E-state index in [1.54, 1.807) is 62.3 Å². The van der Waals surface area contributed by atoms with E-state index in [1.165, 1.54) is 0 Å². The van der Waals surface area contributed by atoms with Crippen LogP contribution in [-0.2, 0) is 28.5 Å². The molecule has 1 aliphatic rings. The second-order valence-corrected chi connectivity index (χ2v) is 14.9. The molecular formula is C34H46N2O8S. The lowest BCUT2D eigenvalue weighted by Gasteiger charge is -2.27. The Hall–Kier alpha value is -3.73. The molecule has 45 heavy (non-hydrogen) atoms. The highest BCUT2D eigenvalue weighted by Crippen LogP contribution is 2.44. The molecule has 0 spiro atoms. The maximum Gasteiger partial charge on any atom is 0.408 e. The lowest BCUT2D eigenvalue weighted by molar-refractivity contribution is -0.157. The Bertz CT molecular complexity index is 1330. The van der Waals surface area contributed by atoms with Crippen LogP contribution in [0, 0.1) is 0 Å². The minimum Gasteiger partial charge on any atom is -0.458 e. The van der Waals surface area contributed by atoms with Crippen molar-refractivity contribution in [2.24, 2.45) is 0 Å². The lowest BCUT2D eigenvalue weighted by atomic mass is 9.98. The molecule has 0 aromatic heterocycles. The van der Waals surface area contributed by atoms with Crippen LogP contribution in [0.1, 0.15) is 79.4 Å². The Kier molecular flexibility index (Phi) is 11.6. The van der Waals surface area contributed by atoms with Crippen LogP contribution < -0.4 is 10.6 Å². The number of rotatable bonds is 10. The van der Waals surface area contributed by atoms with Gasteiger partial charge in [-0.25, -0.2) is 19.2 Å². The molecule has 0 saturated heterocycles. The minimum atomic E-state index is -1.09. The molecule has 2 amide bonds. The number of esters is 2. The molecule has 246 valence electrons. The lowest BCUT2D eigenvalue weighted by Crippen LogP contribution is -2.48. The molecule has 1 aliphatic carbocycles. The fourth-order valence-corrected chi connectivity index (χ4v) is 5.67. The van der Waals surface area contributed by atoms with E-state index in [4.69, 9.17) is 18.9 Å². The van der Waals surface area contributed by atoms with Gasteiger partial charge in [-0.3, -0.25) is 0 Å². The van der Waals surface area contributed by atoms with Crippen molar-refractivity contribution in [3.05, 3.63) is 59.7 Å². The number of hydrogen-bond acceptors (Lipinski definition) is 9. The molecule has 0 heterocycles. The van der Waals surface area contributed by atoms with Crippen molar-refractivity contribution < 1.29 is 38.1 Å². The van der Waals surface area contributed by atoms with Crippen LogP contribution in [-0.4, -0.2) is 71.1 Å². The third kappa shape index (κ3) is 11.3. The Morgan fingerprint density at radius 2 is 1.04 bits per heavy atom. The first-order valence-corrected chi connectivity index (χ1v) is 16.1. The van der Waals surface area contributed by atoms with Crippen molar-refractivity contribution >= 4 is 35.9 Å². The Labute approximate surface area is 270 Å². The summed E-state index contributed by atoms with van der Waals surface area (Å²) in [5, 5.41) is 5.20. The normalized spacial score (nSPS) is 14.3. The summed E-state index contributed by atoms with van der Waals surface area (Å²) in [4.78, 5) is 51.6. The van der Waals surface area contributed by atoms with Gasteiger partial charge < -0.3 is 29.6 Å². The summed E-state index contributed by atoms with van der Waals surface area (Å²) in [6.45, 7) is 15.6. The van der Waals surface area contributed by atoms with Crippen molar-refractivity contribution in [1.29, 1.82) is 0 Å². The molecule has 0 aliphatic heterocycles.